The summed E-state index contributed by atoms with van der Waals surface area (Å²) in [6.45, 7) is 2.72. The first-order valence-corrected chi connectivity index (χ1v) is 11.1. The Morgan fingerprint density at radius 3 is 2.25 bits per heavy atom. The van der Waals surface area contributed by atoms with Crippen molar-refractivity contribution in [1.82, 2.24) is 4.90 Å². The molecular weight excluding hydrogens is 346 g/mol. The highest BCUT2D eigenvalue weighted by atomic mass is 16.5. The second-order valence-corrected chi connectivity index (χ2v) is 9.85. The van der Waals surface area contributed by atoms with Crippen LogP contribution >= 0.6 is 0 Å². The van der Waals surface area contributed by atoms with E-state index in [0.29, 0.717) is 31.7 Å². The molecule has 0 aromatic heterocycles. The number of morpholine rings is 1. The number of carbonyl (C=O) groups excluding carboxylic acids is 1. The molecule has 2 aromatic carbocycles. The molecule has 5 fully saturated rings. The van der Waals surface area contributed by atoms with Crippen molar-refractivity contribution >= 4 is 16.7 Å². The lowest BCUT2D eigenvalue weighted by Gasteiger charge is -2.57. The Balaban J connectivity index is 1.47. The molecule has 1 saturated heterocycles. The van der Waals surface area contributed by atoms with E-state index in [1.54, 1.807) is 0 Å². The Hall–Kier alpha value is -1.87. The topological polar surface area (TPSA) is 29.5 Å². The fourth-order valence-corrected chi connectivity index (χ4v) is 7.26. The molecule has 4 bridgehead atoms. The molecule has 28 heavy (non-hydrogen) atoms. The van der Waals surface area contributed by atoms with Gasteiger partial charge in [-0.25, -0.2) is 0 Å². The highest BCUT2D eigenvalue weighted by Gasteiger charge is 2.52. The minimum absolute atomic E-state index is 0.181. The maximum Gasteiger partial charge on any atom is 0.254 e. The third-order valence-corrected chi connectivity index (χ3v) is 8.02. The fraction of sp³-hybridized carbons (Fsp3) is 0.560. The van der Waals surface area contributed by atoms with Gasteiger partial charge in [0, 0.05) is 18.7 Å². The molecule has 0 atom stereocenters. The third-order valence-electron chi connectivity index (χ3n) is 8.02. The first kappa shape index (κ1) is 17.0. The molecule has 0 spiro atoms. The lowest BCUT2D eigenvalue weighted by molar-refractivity contribution is -0.00454. The molecule has 1 aliphatic heterocycles. The van der Waals surface area contributed by atoms with Gasteiger partial charge in [-0.3, -0.25) is 4.79 Å². The normalized spacial score (nSPS) is 34.1. The fourth-order valence-electron chi connectivity index (χ4n) is 7.26. The number of amides is 1. The van der Waals surface area contributed by atoms with Crippen molar-refractivity contribution in [2.45, 2.75) is 43.9 Å². The summed E-state index contributed by atoms with van der Waals surface area (Å²) in [6, 6.07) is 13.1. The lowest BCUT2D eigenvalue weighted by Crippen LogP contribution is -2.48. The summed E-state index contributed by atoms with van der Waals surface area (Å²) in [4.78, 5) is 15.3. The summed E-state index contributed by atoms with van der Waals surface area (Å²) < 4.78 is 5.45. The molecule has 2 aromatic rings. The number of fused-ring (bicyclic) bond motifs is 1. The summed E-state index contributed by atoms with van der Waals surface area (Å²) in [5.74, 6) is 2.90. The van der Waals surface area contributed by atoms with E-state index in [-0.39, 0.29) is 5.91 Å². The summed E-state index contributed by atoms with van der Waals surface area (Å²) in [5, 5.41) is 2.61. The van der Waals surface area contributed by atoms with Crippen molar-refractivity contribution < 1.29 is 9.53 Å². The Bertz CT molecular complexity index is 892. The van der Waals surface area contributed by atoms with E-state index in [1.165, 1.54) is 54.9 Å². The van der Waals surface area contributed by atoms with Crippen molar-refractivity contribution in [2.75, 3.05) is 26.3 Å². The van der Waals surface area contributed by atoms with E-state index >= 15 is 0 Å². The number of nitrogens with zero attached hydrogens (tertiary/aromatic N) is 1. The largest absolute Gasteiger partial charge is 0.378 e. The van der Waals surface area contributed by atoms with Crippen LogP contribution in [-0.4, -0.2) is 37.1 Å². The molecule has 0 N–H and O–H groups in total. The van der Waals surface area contributed by atoms with Gasteiger partial charge in [0.25, 0.3) is 5.91 Å². The average molecular weight is 376 g/mol. The molecule has 1 amide bonds. The summed E-state index contributed by atoms with van der Waals surface area (Å²) in [5.41, 5.74) is 2.66. The molecule has 3 heteroatoms. The van der Waals surface area contributed by atoms with Gasteiger partial charge in [0.15, 0.2) is 0 Å². The Morgan fingerprint density at radius 1 is 0.929 bits per heavy atom. The maximum absolute atomic E-state index is 13.3. The number of hydrogen-bond donors (Lipinski definition) is 0. The maximum atomic E-state index is 13.3. The molecule has 146 valence electrons. The Morgan fingerprint density at radius 2 is 1.57 bits per heavy atom. The minimum Gasteiger partial charge on any atom is -0.378 e. The molecule has 7 rings (SSSR count). The SMILES string of the molecule is O=C(c1cc(C23CC4CC(CC(C4)C2)C3)c2ccccc2c1)N1CCOCC1. The quantitative estimate of drug-likeness (QED) is 0.756. The second kappa shape index (κ2) is 6.32. The van der Waals surface area contributed by atoms with Crippen LogP contribution in [0.1, 0.15) is 54.4 Å². The number of benzene rings is 2. The molecular formula is C25H29NO2. The standard InChI is InChI=1S/C25H29NO2/c27-24(26-5-7-28-8-6-26)21-12-20-3-1-2-4-22(20)23(13-21)25-14-17-9-18(15-25)11-19(10-17)16-25/h1-4,12-13,17-19H,5-11,14-16H2. The van der Waals surface area contributed by atoms with E-state index in [0.717, 1.165) is 23.3 Å². The van der Waals surface area contributed by atoms with E-state index in [1.807, 2.05) is 4.90 Å². The molecule has 0 radical (unpaired) electrons. The van der Waals surface area contributed by atoms with Crippen LogP contribution in [0.5, 0.6) is 0 Å². The number of ether oxygens (including phenoxy) is 1. The predicted molar refractivity (Wildman–Crippen MR) is 111 cm³/mol. The number of rotatable bonds is 2. The van der Waals surface area contributed by atoms with Crippen LogP contribution in [0.4, 0.5) is 0 Å². The summed E-state index contributed by atoms with van der Waals surface area (Å²) in [7, 11) is 0. The summed E-state index contributed by atoms with van der Waals surface area (Å²) >= 11 is 0. The zero-order valence-corrected chi connectivity index (χ0v) is 16.5. The van der Waals surface area contributed by atoms with Crippen LogP contribution in [0.3, 0.4) is 0 Å². The molecule has 1 heterocycles. The average Bonchev–Trinajstić information content (AvgIpc) is 2.72. The van der Waals surface area contributed by atoms with Crippen LogP contribution in [0, 0.1) is 17.8 Å². The van der Waals surface area contributed by atoms with Crippen molar-refractivity contribution in [2.24, 2.45) is 17.8 Å². The van der Waals surface area contributed by atoms with Gasteiger partial charge in [-0.2, -0.15) is 0 Å². The van der Waals surface area contributed by atoms with E-state index in [4.69, 9.17) is 4.74 Å². The first-order valence-electron chi connectivity index (χ1n) is 11.1. The third kappa shape index (κ3) is 2.62. The van der Waals surface area contributed by atoms with Crippen LogP contribution in [0.25, 0.3) is 10.8 Å². The van der Waals surface area contributed by atoms with Gasteiger partial charge in [0.1, 0.15) is 0 Å². The van der Waals surface area contributed by atoms with Gasteiger partial charge >= 0.3 is 0 Å². The van der Waals surface area contributed by atoms with Crippen molar-refractivity contribution in [3.63, 3.8) is 0 Å². The van der Waals surface area contributed by atoms with Crippen LogP contribution in [-0.2, 0) is 10.2 Å². The van der Waals surface area contributed by atoms with E-state index in [2.05, 4.69) is 36.4 Å². The molecule has 0 unspecified atom stereocenters. The monoisotopic (exact) mass is 375 g/mol. The lowest BCUT2D eigenvalue weighted by atomic mass is 9.47. The van der Waals surface area contributed by atoms with E-state index in [9.17, 15) is 4.79 Å². The second-order valence-electron chi connectivity index (χ2n) is 9.85. The van der Waals surface area contributed by atoms with Crippen LogP contribution in [0.2, 0.25) is 0 Å². The Labute approximate surface area is 167 Å². The highest BCUT2D eigenvalue weighted by Crippen LogP contribution is 2.61. The molecule has 5 aliphatic rings. The van der Waals surface area contributed by atoms with Gasteiger partial charge in [-0.05, 0) is 90.2 Å². The van der Waals surface area contributed by atoms with Crippen LogP contribution < -0.4 is 0 Å². The van der Waals surface area contributed by atoms with Crippen LogP contribution in [0.15, 0.2) is 36.4 Å². The first-order chi connectivity index (χ1) is 13.7. The number of carbonyl (C=O) groups is 1. The Kier molecular flexibility index (Phi) is 3.84. The zero-order chi connectivity index (χ0) is 18.7. The molecule has 4 aliphatic carbocycles. The van der Waals surface area contributed by atoms with Gasteiger partial charge in [0.05, 0.1) is 13.2 Å². The number of hydrogen-bond acceptors (Lipinski definition) is 2. The van der Waals surface area contributed by atoms with Gasteiger partial charge in [-0.1, -0.05) is 24.3 Å². The van der Waals surface area contributed by atoms with Gasteiger partial charge in [0.2, 0.25) is 0 Å². The predicted octanol–water partition coefficient (Wildman–Crippen LogP) is 4.78. The van der Waals surface area contributed by atoms with Gasteiger partial charge in [-0.15, -0.1) is 0 Å². The highest BCUT2D eigenvalue weighted by molar-refractivity contribution is 6.00. The molecule has 4 saturated carbocycles. The van der Waals surface area contributed by atoms with Gasteiger partial charge < -0.3 is 9.64 Å². The van der Waals surface area contributed by atoms with Crippen molar-refractivity contribution in [3.8, 4) is 0 Å². The summed E-state index contributed by atoms with van der Waals surface area (Å²) in [6.07, 6.45) is 8.34. The van der Waals surface area contributed by atoms with E-state index < -0.39 is 0 Å². The van der Waals surface area contributed by atoms with Crippen molar-refractivity contribution in [3.05, 3.63) is 47.5 Å². The smallest absolute Gasteiger partial charge is 0.254 e. The van der Waals surface area contributed by atoms with Crippen molar-refractivity contribution in [1.29, 1.82) is 0 Å². The zero-order valence-electron chi connectivity index (χ0n) is 16.5. The minimum atomic E-state index is 0.181. The molecule has 3 nitrogen and oxygen atoms in total.